The first-order valence-electron chi connectivity index (χ1n) is 4.11. The van der Waals surface area contributed by atoms with Gasteiger partial charge in [-0.2, -0.15) is 20.1 Å². The predicted molar refractivity (Wildman–Crippen MR) is 61.7 cm³/mol. The molecular formula is C10H8N2S2. The van der Waals surface area contributed by atoms with Crippen molar-refractivity contribution in [3.63, 3.8) is 0 Å². The van der Waals surface area contributed by atoms with Gasteiger partial charge in [0, 0.05) is 0 Å². The Morgan fingerprint density at radius 1 is 0.786 bits per heavy atom. The Kier molecular flexibility index (Phi) is 3.21. The van der Waals surface area contributed by atoms with Crippen LogP contribution in [0.5, 0.6) is 0 Å². The maximum atomic E-state index is 4.05. The minimum atomic E-state index is 0.988. The maximum absolute atomic E-state index is 4.05. The number of benzene rings is 1. The number of fused-ring (bicyclic) bond motifs is 1. The molecule has 0 saturated heterocycles. The van der Waals surface area contributed by atoms with E-state index in [1.807, 2.05) is 47.2 Å². The zero-order valence-corrected chi connectivity index (χ0v) is 8.96. The first kappa shape index (κ1) is 9.30. The van der Waals surface area contributed by atoms with E-state index in [4.69, 9.17) is 0 Å². The summed E-state index contributed by atoms with van der Waals surface area (Å²) in [6, 6.07) is 11.9. The molecule has 0 atom stereocenters. The van der Waals surface area contributed by atoms with Crippen LogP contribution in [-0.2, 0) is 0 Å². The SMILES string of the molecule is c1ccc2nsnc2c1.c1ccsc1. The van der Waals surface area contributed by atoms with Gasteiger partial charge in [-0.15, -0.1) is 0 Å². The molecule has 0 aliphatic carbocycles. The van der Waals surface area contributed by atoms with Crippen molar-refractivity contribution in [2.24, 2.45) is 0 Å². The zero-order chi connectivity index (χ0) is 9.64. The molecule has 0 aliphatic rings. The molecular weight excluding hydrogens is 212 g/mol. The van der Waals surface area contributed by atoms with Gasteiger partial charge >= 0.3 is 0 Å². The summed E-state index contributed by atoms with van der Waals surface area (Å²) in [6.07, 6.45) is 0. The Bertz CT molecular complexity index is 426. The van der Waals surface area contributed by atoms with E-state index in [-0.39, 0.29) is 0 Å². The van der Waals surface area contributed by atoms with Crippen molar-refractivity contribution in [2.75, 3.05) is 0 Å². The highest BCUT2D eigenvalue weighted by molar-refractivity contribution is 7.07. The van der Waals surface area contributed by atoms with Gasteiger partial charge in [-0.05, 0) is 22.9 Å². The number of thiophene rings is 1. The normalized spacial score (nSPS) is 9.43. The van der Waals surface area contributed by atoms with Gasteiger partial charge in [-0.3, -0.25) is 0 Å². The van der Waals surface area contributed by atoms with Crippen LogP contribution in [0.3, 0.4) is 0 Å². The van der Waals surface area contributed by atoms with E-state index in [0.717, 1.165) is 11.0 Å². The summed E-state index contributed by atoms with van der Waals surface area (Å²) in [7, 11) is 0. The minimum Gasteiger partial charge on any atom is -0.173 e. The summed E-state index contributed by atoms with van der Waals surface area (Å²) in [4.78, 5) is 0. The Labute approximate surface area is 90.2 Å². The standard InChI is InChI=1S/C6H4N2S.C4H4S/c1-2-4-6-5(3-1)7-9-8-6;1-2-4-5-3-1/h1-4H;1-4H. The van der Waals surface area contributed by atoms with Crippen molar-refractivity contribution >= 4 is 34.1 Å². The number of nitrogens with zero attached hydrogens (tertiary/aromatic N) is 2. The van der Waals surface area contributed by atoms with Crippen LogP contribution in [0.25, 0.3) is 11.0 Å². The van der Waals surface area contributed by atoms with E-state index in [9.17, 15) is 0 Å². The molecule has 0 amide bonds. The fourth-order valence-corrected chi connectivity index (χ4v) is 1.93. The molecule has 0 N–H and O–H groups in total. The number of rotatable bonds is 0. The summed E-state index contributed by atoms with van der Waals surface area (Å²) in [5, 5.41) is 4.08. The van der Waals surface area contributed by atoms with E-state index in [0.29, 0.717) is 0 Å². The van der Waals surface area contributed by atoms with Gasteiger partial charge in [0.1, 0.15) is 11.0 Å². The molecule has 2 nitrogen and oxygen atoms in total. The van der Waals surface area contributed by atoms with Crippen LogP contribution in [0.4, 0.5) is 0 Å². The van der Waals surface area contributed by atoms with E-state index in [2.05, 4.69) is 8.75 Å². The van der Waals surface area contributed by atoms with Crippen molar-refractivity contribution in [2.45, 2.75) is 0 Å². The summed E-state index contributed by atoms with van der Waals surface area (Å²) >= 11 is 2.97. The summed E-state index contributed by atoms with van der Waals surface area (Å²) < 4.78 is 8.10. The Balaban J connectivity index is 0.000000128. The molecule has 0 fully saturated rings. The van der Waals surface area contributed by atoms with Crippen LogP contribution >= 0.6 is 23.1 Å². The second-order valence-electron chi connectivity index (χ2n) is 2.55. The van der Waals surface area contributed by atoms with Crippen LogP contribution in [0, 0.1) is 0 Å². The van der Waals surface area contributed by atoms with Crippen LogP contribution in [0.15, 0.2) is 47.2 Å². The molecule has 3 aromatic rings. The quantitative estimate of drug-likeness (QED) is 0.580. The topological polar surface area (TPSA) is 25.8 Å². The lowest BCUT2D eigenvalue weighted by molar-refractivity contribution is 1.64. The zero-order valence-electron chi connectivity index (χ0n) is 7.33. The first-order chi connectivity index (χ1) is 6.97. The van der Waals surface area contributed by atoms with Crippen molar-refractivity contribution in [1.82, 2.24) is 8.75 Å². The van der Waals surface area contributed by atoms with Crippen molar-refractivity contribution < 1.29 is 0 Å². The molecule has 14 heavy (non-hydrogen) atoms. The predicted octanol–water partition coefficient (Wildman–Crippen LogP) is 3.44. The average Bonchev–Trinajstić information content (AvgIpc) is 2.92. The van der Waals surface area contributed by atoms with E-state index < -0.39 is 0 Å². The van der Waals surface area contributed by atoms with Gasteiger partial charge in [0.15, 0.2) is 0 Å². The number of hydrogen-bond donors (Lipinski definition) is 0. The first-order valence-corrected chi connectivity index (χ1v) is 5.78. The van der Waals surface area contributed by atoms with Crippen LogP contribution < -0.4 is 0 Å². The number of hydrogen-bond acceptors (Lipinski definition) is 4. The third-order valence-electron chi connectivity index (χ3n) is 1.59. The van der Waals surface area contributed by atoms with Gasteiger partial charge in [0.05, 0.1) is 11.7 Å². The fourth-order valence-electron chi connectivity index (χ4n) is 0.954. The van der Waals surface area contributed by atoms with Gasteiger partial charge in [0.25, 0.3) is 0 Å². The third kappa shape index (κ3) is 2.37. The van der Waals surface area contributed by atoms with Crippen molar-refractivity contribution in [1.29, 1.82) is 0 Å². The van der Waals surface area contributed by atoms with Gasteiger partial charge < -0.3 is 0 Å². The molecule has 0 saturated carbocycles. The molecule has 70 valence electrons. The van der Waals surface area contributed by atoms with Crippen LogP contribution in [-0.4, -0.2) is 8.75 Å². The fraction of sp³-hybridized carbons (Fsp3) is 0. The summed E-state index contributed by atoms with van der Waals surface area (Å²) in [5.41, 5.74) is 1.98. The molecule has 0 unspecified atom stereocenters. The molecule has 0 aliphatic heterocycles. The second-order valence-corrected chi connectivity index (χ2v) is 3.89. The van der Waals surface area contributed by atoms with Gasteiger partial charge in [0.2, 0.25) is 0 Å². The van der Waals surface area contributed by atoms with Crippen molar-refractivity contribution in [3.05, 3.63) is 47.2 Å². The third-order valence-corrected chi connectivity index (χ3v) is 2.77. The van der Waals surface area contributed by atoms with Crippen LogP contribution in [0.1, 0.15) is 0 Å². The Hall–Kier alpha value is -1.26. The molecule has 0 spiro atoms. The van der Waals surface area contributed by atoms with E-state index in [1.54, 1.807) is 11.3 Å². The Morgan fingerprint density at radius 2 is 1.36 bits per heavy atom. The lowest BCUT2D eigenvalue weighted by atomic mass is 10.3. The lowest BCUT2D eigenvalue weighted by Gasteiger charge is -1.78. The largest absolute Gasteiger partial charge is 0.173 e. The molecule has 4 heteroatoms. The van der Waals surface area contributed by atoms with Crippen molar-refractivity contribution in [3.8, 4) is 0 Å². The maximum Gasteiger partial charge on any atom is 0.104 e. The molecule has 1 aromatic carbocycles. The lowest BCUT2D eigenvalue weighted by Crippen LogP contribution is -1.63. The minimum absolute atomic E-state index is 0.988. The molecule has 0 radical (unpaired) electrons. The van der Waals surface area contributed by atoms with Crippen LogP contribution in [0.2, 0.25) is 0 Å². The highest BCUT2D eigenvalue weighted by Gasteiger charge is 1.91. The smallest absolute Gasteiger partial charge is 0.104 e. The average molecular weight is 220 g/mol. The Morgan fingerprint density at radius 3 is 1.79 bits per heavy atom. The second kappa shape index (κ2) is 4.83. The molecule has 3 rings (SSSR count). The van der Waals surface area contributed by atoms with E-state index >= 15 is 0 Å². The number of aromatic nitrogens is 2. The monoisotopic (exact) mass is 220 g/mol. The van der Waals surface area contributed by atoms with Gasteiger partial charge in [-0.1, -0.05) is 24.3 Å². The summed E-state index contributed by atoms with van der Waals surface area (Å²) in [6.45, 7) is 0. The highest BCUT2D eigenvalue weighted by Crippen LogP contribution is 2.08. The van der Waals surface area contributed by atoms with E-state index in [1.165, 1.54) is 11.7 Å². The molecule has 0 bridgehead atoms. The summed E-state index contributed by atoms with van der Waals surface area (Å²) in [5.74, 6) is 0. The molecule has 2 heterocycles. The van der Waals surface area contributed by atoms with Gasteiger partial charge in [-0.25, -0.2) is 0 Å². The highest BCUT2D eigenvalue weighted by atomic mass is 32.1. The molecule has 2 aromatic heterocycles.